The van der Waals surface area contributed by atoms with E-state index < -0.39 is 17.0 Å². The van der Waals surface area contributed by atoms with Crippen molar-refractivity contribution in [2.45, 2.75) is 30.3 Å². The highest BCUT2D eigenvalue weighted by Gasteiger charge is 2.32. The molecule has 0 spiro atoms. The van der Waals surface area contributed by atoms with Crippen molar-refractivity contribution in [2.75, 3.05) is 6.61 Å². The molecule has 0 unspecified atom stereocenters. The number of aliphatic hydroxyl groups is 1. The number of phenols is 1. The SMILES string of the molecule is CC(C)(CO)[C@H](N)c1cc(SC(F)(F)F)ccc1O. The van der Waals surface area contributed by atoms with Gasteiger partial charge >= 0.3 is 5.51 Å². The van der Waals surface area contributed by atoms with Crippen molar-refractivity contribution < 1.29 is 23.4 Å². The summed E-state index contributed by atoms with van der Waals surface area (Å²) in [5, 5.41) is 18.9. The minimum atomic E-state index is -4.40. The van der Waals surface area contributed by atoms with Crippen LogP contribution < -0.4 is 5.73 Å². The standard InChI is InChI=1S/C12H16F3NO2S/c1-11(2,6-17)10(16)8-5-7(3-4-9(8)18)19-12(13,14)15/h3-5,10,17-18H,6,16H2,1-2H3/t10-/m1/s1. The van der Waals surface area contributed by atoms with E-state index in [-0.39, 0.29) is 34.6 Å². The molecule has 7 heteroatoms. The Kier molecular flexibility index (Phi) is 4.76. The topological polar surface area (TPSA) is 66.5 Å². The second-order valence-electron chi connectivity index (χ2n) is 4.89. The minimum Gasteiger partial charge on any atom is -0.508 e. The highest BCUT2D eigenvalue weighted by Crippen LogP contribution is 2.41. The van der Waals surface area contributed by atoms with Crippen molar-refractivity contribution in [3.8, 4) is 5.75 Å². The molecule has 0 aliphatic heterocycles. The predicted octanol–water partition coefficient (Wildman–Crippen LogP) is 3.02. The molecule has 4 N–H and O–H groups in total. The first kappa shape index (κ1) is 16.1. The van der Waals surface area contributed by atoms with Crippen LogP contribution in [0.15, 0.2) is 23.1 Å². The van der Waals surface area contributed by atoms with Crippen LogP contribution in [0.3, 0.4) is 0 Å². The number of alkyl halides is 3. The van der Waals surface area contributed by atoms with Gasteiger partial charge in [-0.05, 0) is 30.0 Å². The third-order valence-electron chi connectivity index (χ3n) is 2.82. The largest absolute Gasteiger partial charge is 0.508 e. The fraction of sp³-hybridized carbons (Fsp3) is 0.500. The van der Waals surface area contributed by atoms with Crippen LogP contribution in [0.2, 0.25) is 0 Å². The Balaban J connectivity index is 3.11. The molecule has 3 nitrogen and oxygen atoms in total. The van der Waals surface area contributed by atoms with Crippen molar-refractivity contribution in [2.24, 2.45) is 11.1 Å². The van der Waals surface area contributed by atoms with Crippen LogP contribution in [-0.4, -0.2) is 22.3 Å². The van der Waals surface area contributed by atoms with Gasteiger partial charge in [0.25, 0.3) is 0 Å². The first-order valence-corrected chi connectivity index (χ1v) is 6.33. The van der Waals surface area contributed by atoms with E-state index in [1.165, 1.54) is 18.2 Å². The van der Waals surface area contributed by atoms with Crippen molar-refractivity contribution in [3.05, 3.63) is 23.8 Å². The molecule has 108 valence electrons. The minimum absolute atomic E-state index is 0.0514. The Morgan fingerprint density at radius 1 is 1.32 bits per heavy atom. The molecule has 0 aliphatic rings. The van der Waals surface area contributed by atoms with Crippen LogP contribution in [0.25, 0.3) is 0 Å². The summed E-state index contributed by atoms with van der Waals surface area (Å²) in [5.41, 5.74) is 0.946. The molecule has 1 aromatic rings. The fourth-order valence-electron chi connectivity index (χ4n) is 1.50. The molecule has 0 aliphatic carbocycles. The highest BCUT2D eigenvalue weighted by atomic mass is 32.2. The summed E-state index contributed by atoms with van der Waals surface area (Å²) < 4.78 is 36.9. The van der Waals surface area contributed by atoms with Gasteiger partial charge in [0.1, 0.15) is 5.75 Å². The van der Waals surface area contributed by atoms with Gasteiger partial charge < -0.3 is 15.9 Å². The number of aromatic hydroxyl groups is 1. The van der Waals surface area contributed by atoms with Crippen molar-refractivity contribution >= 4 is 11.8 Å². The average molecular weight is 295 g/mol. The van der Waals surface area contributed by atoms with Crippen LogP contribution in [0.5, 0.6) is 5.75 Å². The molecule has 0 radical (unpaired) electrons. The van der Waals surface area contributed by atoms with E-state index in [2.05, 4.69) is 0 Å². The van der Waals surface area contributed by atoms with Crippen LogP contribution in [-0.2, 0) is 0 Å². The summed E-state index contributed by atoms with van der Waals surface area (Å²) in [6, 6.07) is 2.79. The lowest BCUT2D eigenvalue weighted by Crippen LogP contribution is -2.32. The Labute approximate surface area is 113 Å². The Morgan fingerprint density at radius 3 is 2.37 bits per heavy atom. The summed E-state index contributed by atoms with van der Waals surface area (Å²) in [4.78, 5) is -0.0514. The zero-order valence-corrected chi connectivity index (χ0v) is 11.3. The van der Waals surface area contributed by atoms with Gasteiger partial charge in [-0.25, -0.2) is 0 Å². The van der Waals surface area contributed by atoms with Gasteiger partial charge in [-0.2, -0.15) is 13.2 Å². The van der Waals surface area contributed by atoms with Crippen LogP contribution in [0, 0.1) is 5.41 Å². The van der Waals surface area contributed by atoms with Crippen LogP contribution in [0.4, 0.5) is 13.2 Å². The number of phenolic OH excluding ortho intramolecular Hbond substituents is 1. The first-order chi connectivity index (χ1) is 8.57. The monoisotopic (exact) mass is 295 g/mol. The number of nitrogens with two attached hydrogens (primary N) is 1. The number of hydrogen-bond acceptors (Lipinski definition) is 4. The van der Waals surface area contributed by atoms with Gasteiger partial charge in [0.15, 0.2) is 0 Å². The van der Waals surface area contributed by atoms with Gasteiger partial charge in [-0.3, -0.25) is 0 Å². The van der Waals surface area contributed by atoms with E-state index in [1.807, 2.05) is 0 Å². The molecule has 0 fully saturated rings. The third-order valence-corrected chi connectivity index (χ3v) is 3.54. The van der Waals surface area contributed by atoms with Crippen LogP contribution in [0.1, 0.15) is 25.5 Å². The second-order valence-corrected chi connectivity index (χ2v) is 6.03. The first-order valence-electron chi connectivity index (χ1n) is 5.52. The quantitative estimate of drug-likeness (QED) is 0.747. The summed E-state index contributed by atoms with van der Waals surface area (Å²) in [5.74, 6) is -0.180. The number of thioether (sulfide) groups is 1. The molecule has 0 heterocycles. The van der Waals surface area contributed by atoms with E-state index in [1.54, 1.807) is 13.8 Å². The lowest BCUT2D eigenvalue weighted by molar-refractivity contribution is -0.0328. The Hall–Kier alpha value is -0.920. The molecule has 1 rings (SSSR count). The van der Waals surface area contributed by atoms with E-state index >= 15 is 0 Å². The van der Waals surface area contributed by atoms with E-state index in [9.17, 15) is 23.4 Å². The molecular weight excluding hydrogens is 279 g/mol. The summed E-state index contributed by atoms with van der Waals surface area (Å²) >= 11 is -0.270. The summed E-state index contributed by atoms with van der Waals surface area (Å²) in [6.45, 7) is 3.09. The third kappa shape index (κ3) is 4.29. The van der Waals surface area contributed by atoms with E-state index in [0.717, 1.165) is 0 Å². The summed E-state index contributed by atoms with van der Waals surface area (Å²) in [7, 11) is 0. The molecule has 1 atom stereocenters. The molecule has 0 bridgehead atoms. The van der Waals surface area contributed by atoms with Gasteiger partial charge in [0, 0.05) is 28.5 Å². The lowest BCUT2D eigenvalue weighted by atomic mass is 9.81. The molecule has 0 saturated carbocycles. The molecule has 0 saturated heterocycles. The number of rotatable bonds is 4. The van der Waals surface area contributed by atoms with E-state index in [4.69, 9.17) is 5.73 Å². The number of hydrogen-bond donors (Lipinski definition) is 3. The molecule has 0 amide bonds. The lowest BCUT2D eigenvalue weighted by Gasteiger charge is -2.30. The van der Waals surface area contributed by atoms with Gasteiger partial charge in [-0.15, -0.1) is 0 Å². The van der Waals surface area contributed by atoms with Gasteiger partial charge in [0.2, 0.25) is 0 Å². The zero-order chi connectivity index (χ0) is 14.8. The van der Waals surface area contributed by atoms with Gasteiger partial charge in [-0.1, -0.05) is 13.8 Å². The number of benzene rings is 1. The van der Waals surface area contributed by atoms with Crippen molar-refractivity contribution in [1.82, 2.24) is 0 Å². The number of aliphatic hydroxyl groups excluding tert-OH is 1. The molecule has 0 aromatic heterocycles. The maximum Gasteiger partial charge on any atom is 0.446 e. The Morgan fingerprint density at radius 2 is 1.89 bits per heavy atom. The Bertz CT molecular complexity index is 449. The fourth-order valence-corrected chi connectivity index (χ4v) is 2.09. The van der Waals surface area contributed by atoms with Crippen LogP contribution >= 0.6 is 11.8 Å². The maximum atomic E-state index is 12.3. The smallest absolute Gasteiger partial charge is 0.446 e. The zero-order valence-electron chi connectivity index (χ0n) is 10.5. The van der Waals surface area contributed by atoms with E-state index in [0.29, 0.717) is 0 Å². The van der Waals surface area contributed by atoms with Crippen molar-refractivity contribution in [1.29, 1.82) is 0 Å². The predicted molar refractivity (Wildman–Crippen MR) is 67.8 cm³/mol. The second kappa shape index (κ2) is 5.60. The van der Waals surface area contributed by atoms with Crippen molar-refractivity contribution in [3.63, 3.8) is 0 Å². The molecule has 19 heavy (non-hydrogen) atoms. The highest BCUT2D eigenvalue weighted by molar-refractivity contribution is 8.00. The molecule has 1 aromatic carbocycles. The number of halogens is 3. The molecular formula is C12H16F3NO2S. The van der Waals surface area contributed by atoms with Gasteiger partial charge in [0.05, 0.1) is 0 Å². The summed E-state index contributed by atoms with van der Waals surface area (Å²) in [6.07, 6.45) is 0. The maximum absolute atomic E-state index is 12.3. The normalized spacial score (nSPS) is 14.5. The average Bonchev–Trinajstić information content (AvgIpc) is 2.29.